The van der Waals surface area contributed by atoms with Gasteiger partial charge < -0.3 is 16.0 Å². The Morgan fingerprint density at radius 2 is 2.29 bits per heavy atom. The van der Waals surface area contributed by atoms with Crippen LogP contribution in [0, 0.1) is 5.82 Å². The predicted molar refractivity (Wildman–Crippen MR) is 65.9 cm³/mol. The monoisotopic (exact) mass is 258 g/mol. The molecule has 0 aliphatic heterocycles. The maximum absolute atomic E-state index is 13.6. The molecule has 6 heteroatoms. The summed E-state index contributed by atoms with van der Waals surface area (Å²) in [4.78, 5) is 0.598. The van der Waals surface area contributed by atoms with Crippen molar-refractivity contribution in [2.75, 3.05) is 6.61 Å². The lowest BCUT2D eigenvalue weighted by Gasteiger charge is -2.13. The number of hydrogen-bond donors (Lipinski definition) is 3. The van der Waals surface area contributed by atoms with Crippen LogP contribution in [-0.2, 0) is 0 Å². The molecule has 0 aliphatic carbocycles. The van der Waals surface area contributed by atoms with E-state index in [4.69, 9.17) is 16.0 Å². The van der Waals surface area contributed by atoms with Crippen LogP contribution in [-0.4, -0.2) is 28.0 Å². The van der Waals surface area contributed by atoms with Crippen LogP contribution in [0.4, 0.5) is 4.39 Å². The van der Waals surface area contributed by atoms with Crippen LogP contribution in [0.5, 0.6) is 0 Å². The van der Waals surface area contributed by atoms with Crippen molar-refractivity contribution in [1.29, 1.82) is 0 Å². The highest BCUT2D eigenvalue weighted by atomic mass is 32.2. The molecule has 4 N–H and O–H groups in total. The van der Waals surface area contributed by atoms with E-state index in [1.54, 1.807) is 12.1 Å². The van der Waals surface area contributed by atoms with Gasteiger partial charge in [-0.25, -0.2) is 4.39 Å². The molecule has 0 spiro atoms. The van der Waals surface area contributed by atoms with Crippen molar-refractivity contribution in [2.24, 2.45) is 10.9 Å². The first-order valence-corrected chi connectivity index (χ1v) is 6.02. The van der Waals surface area contributed by atoms with Crippen molar-refractivity contribution >= 4 is 17.6 Å². The van der Waals surface area contributed by atoms with E-state index in [0.29, 0.717) is 11.3 Å². The second-order valence-corrected chi connectivity index (χ2v) is 5.02. The van der Waals surface area contributed by atoms with Gasteiger partial charge in [0.25, 0.3) is 0 Å². The van der Waals surface area contributed by atoms with Crippen molar-refractivity contribution in [2.45, 2.75) is 23.5 Å². The van der Waals surface area contributed by atoms with Crippen molar-refractivity contribution in [3.63, 3.8) is 0 Å². The minimum absolute atomic E-state index is 0.0718. The predicted octanol–water partition coefficient (Wildman–Crippen LogP) is 1.78. The third kappa shape index (κ3) is 3.61. The smallest absolute Gasteiger partial charge is 0.174 e. The zero-order valence-corrected chi connectivity index (χ0v) is 10.2. The van der Waals surface area contributed by atoms with Gasteiger partial charge in [0.15, 0.2) is 5.84 Å². The second kappa shape index (κ2) is 6.46. The summed E-state index contributed by atoms with van der Waals surface area (Å²) in [6.45, 7) is 1.99. The van der Waals surface area contributed by atoms with E-state index in [1.165, 1.54) is 17.8 Å². The summed E-state index contributed by atoms with van der Waals surface area (Å²) in [7, 11) is 0. The van der Waals surface area contributed by atoms with E-state index in [9.17, 15) is 4.39 Å². The molecule has 0 radical (unpaired) electrons. The van der Waals surface area contributed by atoms with Crippen LogP contribution in [0.2, 0.25) is 0 Å². The lowest BCUT2D eigenvalue weighted by molar-refractivity contribution is 0.289. The first-order valence-electron chi connectivity index (χ1n) is 5.14. The summed E-state index contributed by atoms with van der Waals surface area (Å²) in [5.74, 6) is -0.775. The first kappa shape index (κ1) is 13.8. The molecule has 0 heterocycles. The van der Waals surface area contributed by atoms with Crippen molar-refractivity contribution in [3.8, 4) is 0 Å². The highest BCUT2D eigenvalue weighted by molar-refractivity contribution is 8.00. The minimum Gasteiger partial charge on any atom is -0.409 e. The van der Waals surface area contributed by atoms with Crippen LogP contribution in [0.3, 0.4) is 0 Å². The summed E-state index contributed by atoms with van der Waals surface area (Å²) in [5, 5.41) is 20.4. The SMILES string of the molecule is CC(CCO)Sc1cccc(F)c1C(N)=NO. The van der Waals surface area contributed by atoms with E-state index >= 15 is 0 Å². The molecule has 0 saturated carbocycles. The molecule has 0 amide bonds. The van der Waals surface area contributed by atoms with E-state index in [0.717, 1.165) is 0 Å². The summed E-state index contributed by atoms with van der Waals surface area (Å²) in [6, 6.07) is 4.53. The number of nitrogens with two attached hydrogens (primary N) is 1. The van der Waals surface area contributed by atoms with Crippen molar-refractivity contribution in [3.05, 3.63) is 29.6 Å². The van der Waals surface area contributed by atoms with Crippen LogP contribution in [0.15, 0.2) is 28.3 Å². The van der Waals surface area contributed by atoms with Gasteiger partial charge in [-0.05, 0) is 18.6 Å². The third-order valence-corrected chi connectivity index (χ3v) is 3.44. The van der Waals surface area contributed by atoms with E-state index < -0.39 is 5.82 Å². The first-order chi connectivity index (χ1) is 8.10. The minimum atomic E-state index is -0.526. The number of aliphatic hydroxyl groups is 1. The second-order valence-electron chi connectivity index (χ2n) is 3.54. The maximum Gasteiger partial charge on any atom is 0.174 e. The van der Waals surface area contributed by atoms with Gasteiger partial charge in [-0.1, -0.05) is 18.1 Å². The normalized spacial score (nSPS) is 13.7. The molecule has 94 valence electrons. The molecule has 0 aromatic heterocycles. The van der Waals surface area contributed by atoms with Gasteiger partial charge in [-0.2, -0.15) is 0 Å². The van der Waals surface area contributed by atoms with E-state index in [-0.39, 0.29) is 23.3 Å². The molecule has 0 aliphatic rings. The number of nitrogens with zero attached hydrogens (tertiary/aromatic N) is 1. The van der Waals surface area contributed by atoms with Crippen LogP contribution in [0.1, 0.15) is 18.9 Å². The van der Waals surface area contributed by atoms with E-state index in [2.05, 4.69) is 5.16 Å². The zero-order chi connectivity index (χ0) is 12.8. The Bertz CT molecular complexity index is 412. The summed E-state index contributed by atoms with van der Waals surface area (Å²) < 4.78 is 13.6. The van der Waals surface area contributed by atoms with Crippen LogP contribution < -0.4 is 5.73 Å². The van der Waals surface area contributed by atoms with Crippen molar-refractivity contribution in [1.82, 2.24) is 0 Å². The number of hydrogen-bond acceptors (Lipinski definition) is 4. The average Bonchev–Trinajstić information content (AvgIpc) is 2.28. The Kier molecular flexibility index (Phi) is 5.24. The summed E-state index contributed by atoms with van der Waals surface area (Å²) in [5.41, 5.74) is 5.54. The van der Waals surface area contributed by atoms with Gasteiger partial charge in [-0.15, -0.1) is 11.8 Å². The van der Waals surface area contributed by atoms with Crippen LogP contribution >= 0.6 is 11.8 Å². The number of halogens is 1. The largest absolute Gasteiger partial charge is 0.409 e. The molecule has 4 nitrogen and oxygen atoms in total. The molecule has 17 heavy (non-hydrogen) atoms. The highest BCUT2D eigenvalue weighted by Gasteiger charge is 2.15. The lowest BCUT2D eigenvalue weighted by Crippen LogP contribution is -2.17. The Labute approximate surface area is 103 Å². The summed E-state index contributed by atoms with van der Waals surface area (Å²) >= 11 is 1.38. The van der Waals surface area contributed by atoms with Gasteiger partial charge in [0.05, 0.1) is 5.56 Å². The molecule has 1 aromatic carbocycles. The Hall–Kier alpha value is -1.27. The highest BCUT2D eigenvalue weighted by Crippen LogP contribution is 2.29. The molecule has 0 saturated heterocycles. The standard InChI is InChI=1S/C11H15FN2O2S/c1-7(5-6-15)17-9-4-2-3-8(12)10(9)11(13)14-16/h2-4,7,15-16H,5-6H2,1H3,(H2,13,14). The molecular formula is C11H15FN2O2S. The molecule has 0 fully saturated rings. The van der Waals surface area contributed by atoms with Crippen molar-refractivity contribution < 1.29 is 14.7 Å². The van der Waals surface area contributed by atoms with Gasteiger partial charge >= 0.3 is 0 Å². The van der Waals surface area contributed by atoms with Gasteiger partial charge in [0, 0.05) is 16.8 Å². The molecule has 0 bridgehead atoms. The van der Waals surface area contributed by atoms with E-state index in [1.807, 2.05) is 6.92 Å². The number of rotatable bonds is 5. The Morgan fingerprint density at radius 3 is 2.88 bits per heavy atom. The fraction of sp³-hybridized carbons (Fsp3) is 0.364. The van der Waals surface area contributed by atoms with Crippen LogP contribution in [0.25, 0.3) is 0 Å². The number of benzene rings is 1. The number of oxime groups is 1. The lowest BCUT2D eigenvalue weighted by atomic mass is 10.2. The number of aliphatic hydroxyl groups excluding tert-OH is 1. The molecular weight excluding hydrogens is 243 g/mol. The topological polar surface area (TPSA) is 78.8 Å². The molecule has 1 atom stereocenters. The van der Waals surface area contributed by atoms with Gasteiger partial charge in [0.2, 0.25) is 0 Å². The molecule has 1 unspecified atom stereocenters. The maximum atomic E-state index is 13.6. The Balaban J connectivity index is 3.03. The third-order valence-electron chi connectivity index (χ3n) is 2.20. The van der Waals surface area contributed by atoms with Gasteiger partial charge in [0.1, 0.15) is 5.82 Å². The van der Waals surface area contributed by atoms with Gasteiger partial charge in [-0.3, -0.25) is 0 Å². The molecule has 1 rings (SSSR count). The number of thioether (sulfide) groups is 1. The average molecular weight is 258 g/mol. The zero-order valence-electron chi connectivity index (χ0n) is 9.43. The number of amidine groups is 1. The molecule has 1 aromatic rings. The quantitative estimate of drug-likeness (QED) is 0.247. The fourth-order valence-electron chi connectivity index (χ4n) is 1.36. The summed E-state index contributed by atoms with van der Waals surface area (Å²) in [6.07, 6.45) is 0.594. The fourth-order valence-corrected chi connectivity index (χ4v) is 2.49. The Morgan fingerprint density at radius 1 is 1.59 bits per heavy atom.